The molecule has 1 N–H and O–H groups in total. The highest BCUT2D eigenvalue weighted by atomic mass is 16.6. The van der Waals surface area contributed by atoms with Crippen molar-refractivity contribution in [3.05, 3.63) is 0 Å². The number of rotatable bonds is 2. The molecule has 116 valence electrons. The molecule has 2 aliphatic rings. The lowest BCUT2D eigenvalue weighted by Gasteiger charge is -2.35. The summed E-state index contributed by atoms with van der Waals surface area (Å²) in [5.74, 6) is 1.64. The van der Waals surface area contributed by atoms with Gasteiger partial charge in [-0.3, -0.25) is 0 Å². The Hall–Kier alpha value is -0.770. The average Bonchev–Trinajstić information content (AvgIpc) is 2.39. The van der Waals surface area contributed by atoms with Crippen LogP contribution in [0.3, 0.4) is 0 Å². The lowest BCUT2D eigenvalue weighted by molar-refractivity contribution is 0.0174. The summed E-state index contributed by atoms with van der Waals surface area (Å²) in [6.07, 6.45) is 6.15. The minimum absolute atomic E-state index is 0.143. The van der Waals surface area contributed by atoms with Gasteiger partial charge in [-0.15, -0.1) is 0 Å². The molecule has 0 aromatic rings. The van der Waals surface area contributed by atoms with Crippen molar-refractivity contribution in [2.45, 2.75) is 58.5 Å². The molecule has 0 aromatic carbocycles. The molecule has 1 atom stereocenters. The molecule has 4 heteroatoms. The second-order valence-corrected chi connectivity index (χ2v) is 7.36. The molecule has 2 aliphatic heterocycles. The van der Waals surface area contributed by atoms with Gasteiger partial charge in [0.2, 0.25) is 0 Å². The molecule has 2 heterocycles. The topological polar surface area (TPSA) is 41.6 Å². The second kappa shape index (κ2) is 6.79. The molecule has 0 aromatic heterocycles. The number of hydrogen-bond donors (Lipinski definition) is 1. The van der Waals surface area contributed by atoms with Crippen LogP contribution in [0.2, 0.25) is 0 Å². The van der Waals surface area contributed by atoms with Gasteiger partial charge in [0, 0.05) is 13.1 Å². The fraction of sp³-hybridized carbons (Fsp3) is 0.938. The maximum Gasteiger partial charge on any atom is 0.410 e. The highest BCUT2D eigenvalue weighted by molar-refractivity contribution is 5.68. The normalized spacial score (nSPS) is 25.6. The molecular weight excluding hydrogens is 252 g/mol. The van der Waals surface area contributed by atoms with E-state index in [0.717, 1.165) is 37.8 Å². The Kier molecular flexibility index (Phi) is 5.30. The Morgan fingerprint density at radius 2 is 1.90 bits per heavy atom. The molecule has 4 nitrogen and oxygen atoms in total. The fourth-order valence-electron chi connectivity index (χ4n) is 3.27. The molecule has 1 amide bonds. The van der Waals surface area contributed by atoms with E-state index in [1.807, 2.05) is 25.7 Å². The highest BCUT2D eigenvalue weighted by Crippen LogP contribution is 2.27. The summed E-state index contributed by atoms with van der Waals surface area (Å²) < 4.78 is 5.44. The Morgan fingerprint density at radius 1 is 1.20 bits per heavy atom. The summed E-state index contributed by atoms with van der Waals surface area (Å²) in [6.45, 7) is 9.87. The average molecular weight is 282 g/mol. The summed E-state index contributed by atoms with van der Waals surface area (Å²) in [7, 11) is 0. The van der Waals surface area contributed by atoms with Crippen molar-refractivity contribution in [3.63, 3.8) is 0 Å². The standard InChI is InChI=1S/C16H30N2O2/c1-16(2,3)20-15(19)18-9-6-13(7-10-18)11-14-5-4-8-17-12-14/h13-14,17H,4-12H2,1-3H3/t14-/m0/s1. The number of hydrogen-bond acceptors (Lipinski definition) is 3. The maximum absolute atomic E-state index is 12.0. The second-order valence-electron chi connectivity index (χ2n) is 7.36. The van der Waals surface area contributed by atoms with Crippen LogP contribution in [0.15, 0.2) is 0 Å². The molecule has 0 bridgehead atoms. The number of carbonyl (C=O) groups is 1. The van der Waals surface area contributed by atoms with E-state index >= 15 is 0 Å². The van der Waals surface area contributed by atoms with Gasteiger partial charge >= 0.3 is 6.09 Å². The van der Waals surface area contributed by atoms with Crippen LogP contribution in [0.1, 0.15) is 52.9 Å². The lowest BCUT2D eigenvalue weighted by Crippen LogP contribution is -2.42. The number of amides is 1. The van der Waals surface area contributed by atoms with Crippen LogP contribution in [-0.2, 0) is 4.74 Å². The van der Waals surface area contributed by atoms with E-state index in [0.29, 0.717) is 0 Å². The van der Waals surface area contributed by atoms with E-state index in [1.165, 1.54) is 32.4 Å². The highest BCUT2D eigenvalue weighted by Gasteiger charge is 2.28. The minimum Gasteiger partial charge on any atom is -0.444 e. The smallest absolute Gasteiger partial charge is 0.410 e. The van der Waals surface area contributed by atoms with Gasteiger partial charge in [0.25, 0.3) is 0 Å². The van der Waals surface area contributed by atoms with Gasteiger partial charge in [0.1, 0.15) is 5.60 Å². The van der Waals surface area contributed by atoms with E-state index < -0.39 is 0 Å². The Labute approximate surface area is 123 Å². The lowest BCUT2D eigenvalue weighted by atomic mass is 9.84. The predicted molar refractivity (Wildman–Crippen MR) is 80.7 cm³/mol. The number of carbonyl (C=O) groups excluding carboxylic acids is 1. The summed E-state index contributed by atoms with van der Waals surface area (Å²) >= 11 is 0. The van der Waals surface area contributed by atoms with Crippen molar-refractivity contribution in [1.82, 2.24) is 10.2 Å². The van der Waals surface area contributed by atoms with Gasteiger partial charge < -0.3 is 15.0 Å². The van der Waals surface area contributed by atoms with Gasteiger partial charge in [0.15, 0.2) is 0 Å². The van der Waals surface area contributed by atoms with Crippen LogP contribution >= 0.6 is 0 Å². The third-order valence-corrected chi connectivity index (χ3v) is 4.33. The van der Waals surface area contributed by atoms with Gasteiger partial charge in [-0.2, -0.15) is 0 Å². The zero-order valence-corrected chi connectivity index (χ0v) is 13.3. The Morgan fingerprint density at radius 3 is 2.45 bits per heavy atom. The van der Waals surface area contributed by atoms with Crippen molar-refractivity contribution in [3.8, 4) is 0 Å². The van der Waals surface area contributed by atoms with Crippen LogP contribution in [0.25, 0.3) is 0 Å². The zero-order chi connectivity index (χ0) is 14.6. The fourth-order valence-corrected chi connectivity index (χ4v) is 3.27. The summed E-state index contributed by atoms with van der Waals surface area (Å²) in [5.41, 5.74) is -0.387. The van der Waals surface area contributed by atoms with Crippen LogP contribution in [0, 0.1) is 11.8 Å². The first-order chi connectivity index (χ1) is 9.44. The molecule has 0 aliphatic carbocycles. The SMILES string of the molecule is CC(C)(C)OC(=O)N1CCC(C[C@@H]2CCCNC2)CC1. The number of nitrogens with one attached hydrogen (secondary N) is 1. The number of ether oxygens (including phenoxy) is 1. The molecule has 20 heavy (non-hydrogen) atoms. The molecule has 2 rings (SSSR count). The minimum atomic E-state index is -0.387. The summed E-state index contributed by atoms with van der Waals surface area (Å²) in [6, 6.07) is 0. The Bertz CT molecular complexity index is 311. The third kappa shape index (κ3) is 4.97. The van der Waals surface area contributed by atoms with Gasteiger partial charge in [-0.05, 0) is 77.8 Å². The largest absolute Gasteiger partial charge is 0.444 e. The van der Waals surface area contributed by atoms with Crippen molar-refractivity contribution < 1.29 is 9.53 Å². The zero-order valence-electron chi connectivity index (χ0n) is 13.3. The van der Waals surface area contributed by atoms with Gasteiger partial charge in [-0.25, -0.2) is 4.79 Å². The Balaban J connectivity index is 1.70. The quantitative estimate of drug-likeness (QED) is 0.846. The van der Waals surface area contributed by atoms with Crippen molar-refractivity contribution in [2.75, 3.05) is 26.2 Å². The number of piperidine rings is 2. The molecule has 0 unspecified atom stereocenters. The van der Waals surface area contributed by atoms with E-state index in [4.69, 9.17) is 4.74 Å². The van der Waals surface area contributed by atoms with Crippen molar-refractivity contribution in [2.24, 2.45) is 11.8 Å². The number of nitrogens with zero attached hydrogens (tertiary/aromatic N) is 1. The molecule has 2 saturated heterocycles. The molecule has 0 saturated carbocycles. The summed E-state index contributed by atoms with van der Waals surface area (Å²) in [5, 5.41) is 3.49. The first-order valence-electron chi connectivity index (χ1n) is 8.13. The van der Waals surface area contributed by atoms with Crippen LogP contribution in [0.5, 0.6) is 0 Å². The summed E-state index contributed by atoms with van der Waals surface area (Å²) in [4.78, 5) is 13.9. The van der Waals surface area contributed by atoms with E-state index in [9.17, 15) is 4.79 Å². The van der Waals surface area contributed by atoms with E-state index in [2.05, 4.69) is 5.32 Å². The first-order valence-corrected chi connectivity index (χ1v) is 8.13. The number of likely N-dealkylation sites (tertiary alicyclic amines) is 1. The van der Waals surface area contributed by atoms with Crippen molar-refractivity contribution in [1.29, 1.82) is 0 Å². The molecule has 0 radical (unpaired) electrons. The van der Waals surface area contributed by atoms with E-state index in [1.54, 1.807) is 0 Å². The maximum atomic E-state index is 12.0. The molecule has 0 spiro atoms. The van der Waals surface area contributed by atoms with Crippen LogP contribution < -0.4 is 5.32 Å². The van der Waals surface area contributed by atoms with Crippen LogP contribution in [-0.4, -0.2) is 42.8 Å². The van der Waals surface area contributed by atoms with E-state index in [-0.39, 0.29) is 11.7 Å². The van der Waals surface area contributed by atoms with Crippen LogP contribution in [0.4, 0.5) is 4.79 Å². The predicted octanol–water partition coefficient (Wildman–Crippen LogP) is 3.02. The van der Waals surface area contributed by atoms with Gasteiger partial charge in [0.05, 0.1) is 0 Å². The van der Waals surface area contributed by atoms with Gasteiger partial charge in [-0.1, -0.05) is 0 Å². The third-order valence-electron chi connectivity index (χ3n) is 4.33. The molecular formula is C16H30N2O2. The van der Waals surface area contributed by atoms with Crippen molar-refractivity contribution >= 4 is 6.09 Å². The monoisotopic (exact) mass is 282 g/mol. The molecule has 2 fully saturated rings. The first kappa shape index (κ1) is 15.6.